The van der Waals surface area contributed by atoms with E-state index in [0.717, 1.165) is 0 Å². The zero-order chi connectivity index (χ0) is 13.3. The van der Waals surface area contributed by atoms with E-state index >= 15 is 0 Å². The second-order valence-electron chi connectivity index (χ2n) is 4.72. The first-order valence-corrected chi connectivity index (χ1v) is 5.34. The Kier molecular flexibility index (Phi) is 3.59. The van der Waals surface area contributed by atoms with Crippen molar-refractivity contribution in [3.05, 3.63) is 35.4 Å². The summed E-state index contributed by atoms with van der Waals surface area (Å²) in [5, 5.41) is 19.4. The fraction of sp³-hybridized carbons (Fsp3) is 0.462. The summed E-state index contributed by atoms with van der Waals surface area (Å²) in [6.07, 6.45) is 0. The standard InChI is InChI=1S/C13H18O4/c1-12(2,13(3,15)16)10-7-5-6-9(8-10)11(14)17-4/h5-8,15-16H,1-4H3. The number of hydrogen-bond donors (Lipinski definition) is 2. The van der Waals surface area contributed by atoms with Gasteiger partial charge in [-0.1, -0.05) is 26.0 Å². The van der Waals surface area contributed by atoms with Crippen molar-refractivity contribution >= 4 is 5.97 Å². The van der Waals surface area contributed by atoms with Crippen LogP contribution in [0, 0.1) is 0 Å². The molecule has 2 N–H and O–H groups in total. The summed E-state index contributed by atoms with van der Waals surface area (Å²) < 4.78 is 4.63. The number of rotatable bonds is 3. The summed E-state index contributed by atoms with van der Waals surface area (Å²) in [4.78, 5) is 11.4. The maximum absolute atomic E-state index is 11.4. The molecule has 0 fully saturated rings. The van der Waals surface area contributed by atoms with E-state index in [1.54, 1.807) is 38.1 Å². The molecule has 0 radical (unpaired) electrons. The van der Waals surface area contributed by atoms with Crippen molar-refractivity contribution in [1.82, 2.24) is 0 Å². The van der Waals surface area contributed by atoms with Gasteiger partial charge in [-0.3, -0.25) is 0 Å². The third-order valence-corrected chi connectivity index (χ3v) is 3.19. The lowest BCUT2D eigenvalue weighted by molar-refractivity contribution is -0.190. The van der Waals surface area contributed by atoms with Gasteiger partial charge in [0.15, 0.2) is 5.79 Å². The van der Waals surface area contributed by atoms with Crippen LogP contribution in [0.15, 0.2) is 24.3 Å². The normalized spacial score (nSPS) is 12.4. The molecule has 0 aliphatic rings. The zero-order valence-corrected chi connectivity index (χ0v) is 10.5. The lowest BCUT2D eigenvalue weighted by Crippen LogP contribution is -2.45. The fourth-order valence-corrected chi connectivity index (χ4v) is 1.43. The monoisotopic (exact) mass is 238 g/mol. The molecule has 0 spiro atoms. The highest BCUT2D eigenvalue weighted by Gasteiger charge is 2.39. The molecule has 0 unspecified atom stereocenters. The van der Waals surface area contributed by atoms with Crippen LogP contribution < -0.4 is 0 Å². The van der Waals surface area contributed by atoms with E-state index in [1.165, 1.54) is 14.0 Å². The molecule has 0 aromatic heterocycles. The molecule has 1 aromatic rings. The summed E-state index contributed by atoms with van der Waals surface area (Å²) >= 11 is 0. The number of methoxy groups -OCH3 is 1. The average Bonchev–Trinajstić information content (AvgIpc) is 2.26. The summed E-state index contributed by atoms with van der Waals surface area (Å²) in [7, 11) is 1.31. The van der Waals surface area contributed by atoms with E-state index in [9.17, 15) is 15.0 Å². The van der Waals surface area contributed by atoms with Crippen molar-refractivity contribution in [2.75, 3.05) is 7.11 Å². The number of carbonyl (C=O) groups excluding carboxylic acids is 1. The van der Waals surface area contributed by atoms with E-state index in [2.05, 4.69) is 4.74 Å². The third kappa shape index (κ3) is 2.65. The average molecular weight is 238 g/mol. The van der Waals surface area contributed by atoms with E-state index in [4.69, 9.17) is 0 Å². The lowest BCUT2D eigenvalue weighted by atomic mass is 9.77. The topological polar surface area (TPSA) is 66.8 Å². The number of hydrogen-bond acceptors (Lipinski definition) is 4. The Bertz CT molecular complexity index is 416. The highest BCUT2D eigenvalue weighted by atomic mass is 16.5. The van der Waals surface area contributed by atoms with Gasteiger partial charge in [0.05, 0.1) is 12.7 Å². The van der Waals surface area contributed by atoms with Crippen LogP contribution in [0.2, 0.25) is 0 Å². The lowest BCUT2D eigenvalue weighted by Gasteiger charge is -2.36. The van der Waals surface area contributed by atoms with Crippen LogP contribution in [-0.4, -0.2) is 29.1 Å². The number of aliphatic hydroxyl groups is 2. The number of benzene rings is 1. The van der Waals surface area contributed by atoms with E-state index in [-0.39, 0.29) is 0 Å². The summed E-state index contributed by atoms with van der Waals surface area (Å²) in [6.45, 7) is 4.71. The molecule has 0 atom stereocenters. The van der Waals surface area contributed by atoms with Gasteiger partial charge in [0, 0.05) is 5.41 Å². The Morgan fingerprint density at radius 3 is 2.29 bits per heavy atom. The van der Waals surface area contributed by atoms with Gasteiger partial charge in [-0.2, -0.15) is 0 Å². The smallest absolute Gasteiger partial charge is 0.337 e. The van der Waals surface area contributed by atoms with E-state index in [1.807, 2.05) is 0 Å². The van der Waals surface area contributed by atoms with Crippen LogP contribution in [0.3, 0.4) is 0 Å². The predicted octanol–water partition coefficient (Wildman–Crippen LogP) is 1.45. The highest BCUT2D eigenvalue weighted by Crippen LogP contribution is 2.33. The SMILES string of the molecule is COC(=O)c1cccc(C(C)(C)C(C)(O)O)c1. The van der Waals surface area contributed by atoms with Crippen molar-refractivity contribution in [3.63, 3.8) is 0 Å². The third-order valence-electron chi connectivity index (χ3n) is 3.19. The first-order chi connectivity index (χ1) is 7.70. The first-order valence-electron chi connectivity index (χ1n) is 5.34. The maximum atomic E-state index is 11.4. The van der Waals surface area contributed by atoms with Crippen LogP contribution in [0.25, 0.3) is 0 Å². The Morgan fingerprint density at radius 2 is 1.82 bits per heavy atom. The molecule has 0 aliphatic heterocycles. The Balaban J connectivity index is 3.21. The van der Waals surface area contributed by atoms with Crippen molar-refractivity contribution in [3.8, 4) is 0 Å². The van der Waals surface area contributed by atoms with Crippen LogP contribution in [0.4, 0.5) is 0 Å². The zero-order valence-electron chi connectivity index (χ0n) is 10.5. The van der Waals surface area contributed by atoms with Gasteiger partial charge in [-0.05, 0) is 24.6 Å². The molecule has 94 valence electrons. The van der Waals surface area contributed by atoms with Crippen molar-refractivity contribution in [2.45, 2.75) is 32.0 Å². The molecule has 0 saturated carbocycles. The minimum atomic E-state index is -1.87. The van der Waals surface area contributed by atoms with Gasteiger partial charge in [0.1, 0.15) is 0 Å². The molecule has 4 heteroatoms. The van der Waals surface area contributed by atoms with Crippen molar-refractivity contribution in [2.24, 2.45) is 0 Å². The van der Waals surface area contributed by atoms with Gasteiger partial charge in [-0.25, -0.2) is 4.79 Å². The summed E-state index contributed by atoms with van der Waals surface area (Å²) in [6, 6.07) is 6.67. The van der Waals surface area contributed by atoms with Crippen LogP contribution in [0.1, 0.15) is 36.7 Å². The van der Waals surface area contributed by atoms with Gasteiger partial charge >= 0.3 is 5.97 Å². The minimum absolute atomic E-state index is 0.391. The van der Waals surface area contributed by atoms with Gasteiger partial charge in [0.25, 0.3) is 0 Å². The van der Waals surface area contributed by atoms with Gasteiger partial charge < -0.3 is 14.9 Å². The van der Waals surface area contributed by atoms with Crippen molar-refractivity contribution < 1.29 is 19.7 Å². The van der Waals surface area contributed by atoms with Crippen LogP contribution in [-0.2, 0) is 10.2 Å². The first kappa shape index (κ1) is 13.7. The molecule has 0 aliphatic carbocycles. The molecule has 0 saturated heterocycles. The van der Waals surface area contributed by atoms with Crippen LogP contribution in [0.5, 0.6) is 0 Å². The number of carbonyl (C=O) groups is 1. The van der Waals surface area contributed by atoms with Crippen LogP contribution >= 0.6 is 0 Å². The second-order valence-corrected chi connectivity index (χ2v) is 4.72. The molecule has 1 aromatic carbocycles. The molecule has 0 heterocycles. The van der Waals surface area contributed by atoms with E-state index < -0.39 is 17.2 Å². The molecular formula is C13H18O4. The fourth-order valence-electron chi connectivity index (χ4n) is 1.43. The Labute approximate surface area is 101 Å². The largest absolute Gasteiger partial charge is 0.465 e. The molecular weight excluding hydrogens is 220 g/mol. The maximum Gasteiger partial charge on any atom is 0.337 e. The molecule has 17 heavy (non-hydrogen) atoms. The number of ether oxygens (including phenoxy) is 1. The molecule has 1 rings (SSSR count). The Morgan fingerprint density at radius 1 is 1.24 bits per heavy atom. The van der Waals surface area contributed by atoms with Crippen molar-refractivity contribution in [1.29, 1.82) is 0 Å². The molecule has 4 nitrogen and oxygen atoms in total. The van der Waals surface area contributed by atoms with Gasteiger partial charge in [0.2, 0.25) is 0 Å². The second kappa shape index (κ2) is 4.47. The van der Waals surface area contributed by atoms with Gasteiger partial charge in [-0.15, -0.1) is 0 Å². The summed E-state index contributed by atoms with van der Waals surface area (Å²) in [5.74, 6) is -2.32. The molecule has 0 amide bonds. The Hall–Kier alpha value is -1.39. The number of esters is 1. The quantitative estimate of drug-likeness (QED) is 0.618. The predicted molar refractivity (Wildman–Crippen MR) is 63.7 cm³/mol. The molecule has 0 bridgehead atoms. The summed E-state index contributed by atoms with van der Waals surface area (Å²) in [5.41, 5.74) is 0.159. The minimum Gasteiger partial charge on any atom is -0.465 e. The van der Waals surface area contributed by atoms with E-state index in [0.29, 0.717) is 11.1 Å². The highest BCUT2D eigenvalue weighted by molar-refractivity contribution is 5.89.